The molecule has 0 aromatic carbocycles. The van der Waals surface area contributed by atoms with E-state index in [9.17, 15) is 4.79 Å². The molecule has 24 heavy (non-hydrogen) atoms. The van der Waals surface area contributed by atoms with E-state index in [1.807, 2.05) is 0 Å². The van der Waals surface area contributed by atoms with Crippen molar-refractivity contribution in [1.82, 2.24) is 5.48 Å². The predicted octanol–water partition coefficient (Wildman–Crippen LogP) is 6.48. The highest BCUT2D eigenvalue weighted by molar-refractivity contribution is 5.80. The highest BCUT2D eigenvalue weighted by atomic mass is 16.7. The third-order valence-corrected chi connectivity index (χ3v) is 4.47. The number of carbonyl (C=O) groups excluding carboxylic acids is 1. The van der Waals surface area contributed by atoms with Crippen LogP contribution in [0.4, 0.5) is 0 Å². The minimum absolute atomic E-state index is 0.411. The molecule has 3 nitrogen and oxygen atoms in total. The van der Waals surface area contributed by atoms with Crippen LogP contribution in [-0.4, -0.2) is 12.5 Å². The molecule has 0 aliphatic carbocycles. The average Bonchev–Trinajstić information content (AvgIpc) is 2.60. The van der Waals surface area contributed by atoms with Crippen LogP contribution in [0.5, 0.6) is 0 Å². The Labute approximate surface area is 150 Å². The van der Waals surface area contributed by atoms with E-state index in [0.717, 1.165) is 13.0 Å². The molecule has 0 aliphatic heterocycles. The van der Waals surface area contributed by atoms with Gasteiger partial charge in [0.15, 0.2) is 0 Å². The molecule has 3 heteroatoms. The van der Waals surface area contributed by atoms with Gasteiger partial charge in [-0.1, -0.05) is 110 Å². The molecule has 0 aromatic rings. The van der Waals surface area contributed by atoms with Crippen LogP contribution in [0.15, 0.2) is 12.7 Å². The van der Waals surface area contributed by atoms with Gasteiger partial charge in [0.25, 0.3) is 0 Å². The minimum atomic E-state index is -0.411. The van der Waals surface area contributed by atoms with Crippen LogP contribution in [0.2, 0.25) is 0 Å². The number of rotatable bonds is 19. The molecular formula is C21H41NO2. The first-order valence-corrected chi connectivity index (χ1v) is 10.4. The largest absolute Gasteiger partial charge is 0.367 e. The van der Waals surface area contributed by atoms with Crippen molar-refractivity contribution < 1.29 is 9.63 Å². The monoisotopic (exact) mass is 339 g/mol. The molecule has 0 saturated heterocycles. The fourth-order valence-corrected chi connectivity index (χ4v) is 2.91. The van der Waals surface area contributed by atoms with Gasteiger partial charge >= 0.3 is 5.97 Å². The van der Waals surface area contributed by atoms with E-state index in [2.05, 4.69) is 19.0 Å². The van der Waals surface area contributed by atoms with Crippen LogP contribution in [-0.2, 0) is 9.63 Å². The zero-order valence-electron chi connectivity index (χ0n) is 16.1. The number of unbranched alkanes of at least 4 members (excludes halogenated alkanes) is 15. The molecule has 0 unspecified atom stereocenters. The third-order valence-electron chi connectivity index (χ3n) is 4.47. The molecule has 1 N–H and O–H groups in total. The second-order valence-corrected chi connectivity index (χ2v) is 6.82. The van der Waals surface area contributed by atoms with Crippen LogP contribution in [0.1, 0.15) is 110 Å². The van der Waals surface area contributed by atoms with Gasteiger partial charge in [0.2, 0.25) is 0 Å². The molecule has 0 aromatic heterocycles. The summed E-state index contributed by atoms with van der Waals surface area (Å²) in [5.74, 6) is -0.411. The SMILES string of the molecule is C=CC(=O)ONCCCCCCCCCCCCCCCCCC. The number of nitrogens with one attached hydrogen (secondary N) is 1. The van der Waals surface area contributed by atoms with Crippen molar-refractivity contribution in [2.24, 2.45) is 0 Å². The van der Waals surface area contributed by atoms with Crippen LogP contribution in [0.25, 0.3) is 0 Å². The van der Waals surface area contributed by atoms with Gasteiger partial charge in [0, 0.05) is 12.6 Å². The maximum atomic E-state index is 10.8. The zero-order chi connectivity index (χ0) is 17.7. The van der Waals surface area contributed by atoms with E-state index >= 15 is 0 Å². The summed E-state index contributed by atoms with van der Waals surface area (Å²) in [6, 6.07) is 0. The Hall–Kier alpha value is -0.830. The third kappa shape index (κ3) is 19.2. The van der Waals surface area contributed by atoms with E-state index in [1.165, 1.54) is 102 Å². The van der Waals surface area contributed by atoms with E-state index in [4.69, 9.17) is 4.84 Å². The molecule has 0 aliphatic rings. The van der Waals surface area contributed by atoms with Crippen LogP contribution < -0.4 is 5.48 Å². The Morgan fingerprint density at radius 1 is 0.750 bits per heavy atom. The van der Waals surface area contributed by atoms with Crippen LogP contribution >= 0.6 is 0 Å². The Morgan fingerprint density at radius 3 is 1.50 bits per heavy atom. The maximum Gasteiger partial charge on any atom is 0.348 e. The highest BCUT2D eigenvalue weighted by Crippen LogP contribution is 2.13. The fraction of sp³-hybridized carbons (Fsp3) is 0.857. The lowest BCUT2D eigenvalue weighted by molar-refractivity contribution is -0.144. The molecule has 0 amide bonds. The van der Waals surface area contributed by atoms with Crippen LogP contribution in [0, 0.1) is 0 Å². The Bertz CT molecular complexity index is 279. The van der Waals surface area contributed by atoms with E-state index < -0.39 is 5.97 Å². The average molecular weight is 340 g/mol. The molecule has 0 bridgehead atoms. The summed E-state index contributed by atoms with van der Waals surface area (Å²) >= 11 is 0. The first-order valence-electron chi connectivity index (χ1n) is 10.4. The van der Waals surface area contributed by atoms with Gasteiger partial charge in [-0.2, -0.15) is 5.48 Å². The molecular weight excluding hydrogens is 298 g/mol. The van der Waals surface area contributed by atoms with E-state index in [1.54, 1.807) is 0 Å². The van der Waals surface area contributed by atoms with E-state index in [0.29, 0.717) is 0 Å². The van der Waals surface area contributed by atoms with Crippen LogP contribution in [0.3, 0.4) is 0 Å². The van der Waals surface area contributed by atoms with Crippen molar-refractivity contribution in [2.75, 3.05) is 6.54 Å². The van der Waals surface area contributed by atoms with Gasteiger partial charge in [0.05, 0.1) is 0 Å². The summed E-state index contributed by atoms with van der Waals surface area (Å²) in [7, 11) is 0. The summed E-state index contributed by atoms with van der Waals surface area (Å²) in [6.45, 7) is 6.36. The normalized spacial score (nSPS) is 10.7. The van der Waals surface area contributed by atoms with Gasteiger partial charge < -0.3 is 4.84 Å². The maximum absolute atomic E-state index is 10.8. The first kappa shape index (κ1) is 23.2. The summed E-state index contributed by atoms with van der Waals surface area (Å²) in [4.78, 5) is 15.5. The molecule has 0 saturated carbocycles. The fourth-order valence-electron chi connectivity index (χ4n) is 2.91. The summed E-state index contributed by atoms with van der Waals surface area (Å²) < 4.78 is 0. The molecule has 0 heterocycles. The zero-order valence-corrected chi connectivity index (χ0v) is 16.1. The molecule has 0 rings (SSSR count). The topological polar surface area (TPSA) is 38.3 Å². The summed E-state index contributed by atoms with van der Waals surface area (Å²) in [5.41, 5.74) is 2.66. The standard InChI is InChI=1S/C21H41NO2/c1-3-5-6-7-8-9-10-11-12-13-14-15-16-17-18-19-20-22-24-21(23)4-2/h4,22H,2-3,5-20H2,1H3. The smallest absolute Gasteiger partial charge is 0.348 e. The second kappa shape index (κ2) is 20.2. The molecule has 0 atom stereocenters. The van der Waals surface area contributed by atoms with Gasteiger partial charge in [0.1, 0.15) is 0 Å². The Balaban J connectivity index is 3.00. The summed E-state index contributed by atoms with van der Waals surface area (Å²) in [6.07, 6.45) is 23.1. The highest BCUT2D eigenvalue weighted by Gasteiger charge is 1.96. The number of hydroxylamine groups is 1. The van der Waals surface area contributed by atoms with Gasteiger partial charge in [-0.25, -0.2) is 4.79 Å². The number of hydrogen-bond donors (Lipinski definition) is 1. The van der Waals surface area contributed by atoms with Crippen molar-refractivity contribution in [3.8, 4) is 0 Å². The number of hydrogen-bond acceptors (Lipinski definition) is 3. The van der Waals surface area contributed by atoms with Gasteiger partial charge in [-0.3, -0.25) is 0 Å². The van der Waals surface area contributed by atoms with Crippen molar-refractivity contribution in [3.63, 3.8) is 0 Å². The van der Waals surface area contributed by atoms with Gasteiger partial charge in [-0.15, -0.1) is 0 Å². The number of carbonyl (C=O) groups is 1. The van der Waals surface area contributed by atoms with Crippen molar-refractivity contribution in [1.29, 1.82) is 0 Å². The lowest BCUT2D eigenvalue weighted by Gasteiger charge is -2.04. The Morgan fingerprint density at radius 2 is 1.12 bits per heavy atom. The minimum Gasteiger partial charge on any atom is -0.367 e. The lowest BCUT2D eigenvalue weighted by atomic mass is 10.0. The molecule has 0 radical (unpaired) electrons. The van der Waals surface area contributed by atoms with Gasteiger partial charge in [-0.05, 0) is 6.42 Å². The lowest BCUT2D eigenvalue weighted by Crippen LogP contribution is -2.19. The quantitative estimate of drug-likeness (QED) is 0.166. The van der Waals surface area contributed by atoms with Crippen molar-refractivity contribution in [2.45, 2.75) is 110 Å². The summed E-state index contributed by atoms with van der Waals surface area (Å²) in [5, 5.41) is 0. The molecule has 0 fully saturated rings. The van der Waals surface area contributed by atoms with Crippen molar-refractivity contribution >= 4 is 5.97 Å². The molecule has 142 valence electrons. The second-order valence-electron chi connectivity index (χ2n) is 6.82. The predicted molar refractivity (Wildman–Crippen MR) is 104 cm³/mol. The van der Waals surface area contributed by atoms with E-state index in [-0.39, 0.29) is 0 Å². The van der Waals surface area contributed by atoms with Crippen molar-refractivity contribution in [3.05, 3.63) is 12.7 Å². The first-order chi connectivity index (χ1) is 11.8. The molecule has 0 spiro atoms. The Kier molecular flexibility index (Phi) is 19.5.